The Balaban J connectivity index is 1.84. The lowest BCUT2D eigenvalue weighted by atomic mass is 9.99. The molecule has 1 heterocycles. The van der Waals surface area contributed by atoms with E-state index in [1.165, 1.54) is 23.5 Å². The third-order valence-corrected chi connectivity index (χ3v) is 6.33. The van der Waals surface area contributed by atoms with E-state index in [4.69, 9.17) is 0 Å². The summed E-state index contributed by atoms with van der Waals surface area (Å²) < 4.78 is 27.5. The molecule has 2 aromatic carbocycles. The molecule has 0 aliphatic rings. The van der Waals surface area contributed by atoms with Crippen molar-refractivity contribution in [3.05, 3.63) is 81.0 Å². The predicted octanol–water partition coefficient (Wildman–Crippen LogP) is 3.78. The van der Waals surface area contributed by atoms with Gasteiger partial charge in [-0.3, -0.25) is 14.8 Å². The number of para-hydroxylation sites is 1. The van der Waals surface area contributed by atoms with Gasteiger partial charge in [0.15, 0.2) is 0 Å². The quantitative estimate of drug-likeness (QED) is 0.367. The van der Waals surface area contributed by atoms with Crippen LogP contribution in [0.5, 0.6) is 0 Å². The molecule has 3 N–H and O–H groups in total. The fourth-order valence-electron chi connectivity index (χ4n) is 2.64. The Kier molecular flexibility index (Phi) is 5.87. The van der Waals surface area contributed by atoms with E-state index in [0.717, 1.165) is 6.07 Å². The molecule has 0 saturated carbocycles. The topological polar surface area (TPSA) is 122 Å². The third-order valence-electron chi connectivity index (χ3n) is 4.27. The van der Waals surface area contributed by atoms with Crippen LogP contribution in [0.3, 0.4) is 0 Å². The predicted molar refractivity (Wildman–Crippen MR) is 113 cm³/mol. The first-order valence-corrected chi connectivity index (χ1v) is 11.0. The van der Waals surface area contributed by atoms with Gasteiger partial charge in [0.25, 0.3) is 15.7 Å². The van der Waals surface area contributed by atoms with Crippen LogP contribution >= 0.6 is 11.3 Å². The average molecular weight is 434 g/mol. The second kappa shape index (κ2) is 8.19. The Bertz CT molecular complexity index is 1100. The first kappa shape index (κ1) is 20.8. The average Bonchev–Trinajstić information content (AvgIpc) is 3.22. The molecule has 3 rings (SSSR count). The highest BCUT2D eigenvalue weighted by Crippen LogP contribution is 2.30. The monoisotopic (exact) mass is 433 g/mol. The van der Waals surface area contributed by atoms with Crippen LogP contribution in [0.4, 0.5) is 17.1 Å². The smallest absolute Gasteiger partial charge is 0.293 e. The molecule has 8 nitrogen and oxygen atoms in total. The minimum absolute atomic E-state index is 0.0128. The number of nitrogens with zero attached hydrogens (tertiary/aromatic N) is 1. The number of aliphatic hydroxyl groups is 1. The lowest BCUT2D eigenvalue weighted by molar-refractivity contribution is -0.384. The van der Waals surface area contributed by atoms with Gasteiger partial charge in [0.05, 0.1) is 9.82 Å². The van der Waals surface area contributed by atoms with Crippen molar-refractivity contribution < 1.29 is 18.4 Å². The van der Waals surface area contributed by atoms with Gasteiger partial charge in [-0.2, -0.15) is 11.3 Å². The summed E-state index contributed by atoms with van der Waals surface area (Å²) in [5.74, 6) is 0. The number of nitro benzene ring substituents is 1. The fraction of sp³-hybridized carbons (Fsp3) is 0.158. The molecule has 1 atom stereocenters. The zero-order valence-electron chi connectivity index (χ0n) is 15.4. The molecular formula is C19H19N3O5S2. The van der Waals surface area contributed by atoms with Crippen molar-refractivity contribution in [2.24, 2.45) is 0 Å². The maximum Gasteiger partial charge on any atom is 0.293 e. The molecule has 0 radical (unpaired) electrons. The van der Waals surface area contributed by atoms with E-state index in [9.17, 15) is 23.6 Å². The Morgan fingerprint density at radius 1 is 1.17 bits per heavy atom. The van der Waals surface area contributed by atoms with Crippen molar-refractivity contribution in [2.75, 3.05) is 16.6 Å². The minimum atomic E-state index is -4.00. The summed E-state index contributed by atoms with van der Waals surface area (Å²) in [5, 5.41) is 28.6. The molecule has 10 heteroatoms. The van der Waals surface area contributed by atoms with Crippen LogP contribution in [-0.4, -0.2) is 25.0 Å². The van der Waals surface area contributed by atoms with E-state index in [1.807, 2.05) is 5.38 Å². The van der Waals surface area contributed by atoms with E-state index in [2.05, 4.69) is 10.0 Å². The van der Waals surface area contributed by atoms with Gasteiger partial charge in [-0.25, -0.2) is 8.42 Å². The van der Waals surface area contributed by atoms with Crippen LogP contribution in [0.25, 0.3) is 0 Å². The number of sulfonamides is 1. The van der Waals surface area contributed by atoms with Crippen LogP contribution in [-0.2, 0) is 15.6 Å². The van der Waals surface area contributed by atoms with Crippen molar-refractivity contribution >= 4 is 38.4 Å². The van der Waals surface area contributed by atoms with Crippen LogP contribution < -0.4 is 10.0 Å². The summed E-state index contributed by atoms with van der Waals surface area (Å²) in [7, 11) is -4.00. The van der Waals surface area contributed by atoms with Crippen molar-refractivity contribution in [2.45, 2.75) is 17.4 Å². The molecular weight excluding hydrogens is 414 g/mol. The molecule has 0 bridgehead atoms. The molecule has 0 fully saturated rings. The van der Waals surface area contributed by atoms with Gasteiger partial charge >= 0.3 is 0 Å². The Morgan fingerprint density at radius 3 is 2.52 bits per heavy atom. The summed E-state index contributed by atoms with van der Waals surface area (Å²) in [6, 6.07) is 13.6. The largest absolute Gasteiger partial charge is 0.384 e. The fourth-order valence-corrected chi connectivity index (χ4v) is 4.50. The first-order valence-electron chi connectivity index (χ1n) is 8.54. The molecule has 1 aromatic heterocycles. The van der Waals surface area contributed by atoms with Crippen molar-refractivity contribution in [1.29, 1.82) is 0 Å². The highest BCUT2D eigenvalue weighted by molar-refractivity contribution is 7.92. The van der Waals surface area contributed by atoms with Crippen LogP contribution in [0.1, 0.15) is 12.5 Å². The molecule has 1 unspecified atom stereocenters. The lowest BCUT2D eigenvalue weighted by Crippen LogP contribution is -2.30. The summed E-state index contributed by atoms with van der Waals surface area (Å²) in [4.78, 5) is 10.6. The number of hydrogen-bond donors (Lipinski definition) is 3. The van der Waals surface area contributed by atoms with Gasteiger partial charge in [0, 0.05) is 18.3 Å². The highest BCUT2D eigenvalue weighted by Gasteiger charge is 2.26. The number of thiophene rings is 1. The van der Waals surface area contributed by atoms with Crippen molar-refractivity contribution in [3.63, 3.8) is 0 Å². The molecule has 3 aromatic rings. The molecule has 29 heavy (non-hydrogen) atoms. The maximum atomic E-state index is 12.6. The lowest BCUT2D eigenvalue weighted by Gasteiger charge is -2.23. The maximum absolute atomic E-state index is 12.6. The summed E-state index contributed by atoms with van der Waals surface area (Å²) >= 11 is 1.43. The van der Waals surface area contributed by atoms with Gasteiger partial charge in [-0.1, -0.05) is 18.2 Å². The zero-order chi connectivity index (χ0) is 21.1. The zero-order valence-corrected chi connectivity index (χ0v) is 17.0. The van der Waals surface area contributed by atoms with Gasteiger partial charge in [0.1, 0.15) is 11.3 Å². The van der Waals surface area contributed by atoms with E-state index in [0.29, 0.717) is 11.3 Å². The molecule has 0 saturated heterocycles. The first-order chi connectivity index (χ1) is 13.7. The number of nitrogens with one attached hydrogen (secondary N) is 2. The number of nitro groups is 1. The normalized spacial score (nSPS) is 13.4. The van der Waals surface area contributed by atoms with E-state index in [1.54, 1.807) is 48.7 Å². The van der Waals surface area contributed by atoms with Gasteiger partial charge in [0.2, 0.25) is 0 Å². The summed E-state index contributed by atoms with van der Waals surface area (Å²) in [6.45, 7) is 1.61. The summed E-state index contributed by atoms with van der Waals surface area (Å²) in [6.07, 6.45) is 0. The summed E-state index contributed by atoms with van der Waals surface area (Å²) in [5.41, 5.74) is -0.493. The Morgan fingerprint density at radius 2 is 1.90 bits per heavy atom. The van der Waals surface area contributed by atoms with E-state index in [-0.39, 0.29) is 17.1 Å². The molecule has 152 valence electrons. The van der Waals surface area contributed by atoms with Gasteiger partial charge < -0.3 is 10.4 Å². The SMILES string of the molecule is CC(O)(CNc1ccc(S(=O)(=O)Nc2ccccc2)cc1[N+](=O)[O-])c1ccsc1. The number of hydrogen-bond acceptors (Lipinski definition) is 7. The molecule has 0 spiro atoms. The number of rotatable bonds is 8. The number of anilines is 2. The second-order valence-corrected chi connectivity index (χ2v) is 9.01. The van der Waals surface area contributed by atoms with Crippen molar-refractivity contribution in [1.82, 2.24) is 0 Å². The molecule has 0 amide bonds. The second-order valence-electron chi connectivity index (χ2n) is 6.55. The third kappa shape index (κ3) is 4.91. The van der Waals surface area contributed by atoms with Crippen LogP contribution in [0.15, 0.2) is 70.3 Å². The van der Waals surface area contributed by atoms with Gasteiger partial charge in [-0.15, -0.1) is 0 Å². The Labute approximate surface area is 172 Å². The van der Waals surface area contributed by atoms with Crippen molar-refractivity contribution in [3.8, 4) is 0 Å². The van der Waals surface area contributed by atoms with Crippen LogP contribution in [0.2, 0.25) is 0 Å². The van der Waals surface area contributed by atoms with E-state index >= 15 is 0 Å². The highest BCUT2D eigenvalue weighted by atomic mass is 32.2. The van der Waals surface area contributed by atoms with E-state index < -0.39 is 26.2 Å². The van der Waals surface area contributed by atoms with Gasteiger partial charge in [-0.05, 0) is 53.6 Å². The minimum Gasteiger partial charge on any atom is -0.384 e. The molecule has 0 aliphatic heterocycles. The Hall–Kier alpha value is -2.95. The number of benzene rings is 2. The van der Waals surface area contributed by atoms with Crippen LogP contribution in [0, 0.1) is 10.1 Å². The standard InChI is InChI=1S/C19H19N3O5S2/c1-19(23,14-9-10-28-12-14)13-20-17-8-7-16(11-18(17)22(24)25)29(26,27)21-15-5-3-2-4-6-15/h2-12,20-21,23H,13H2,1H3. The molecule has 0 aliphatic carbocycles.